The van der Waals surface area contributed by atoms with E-state index in [4.69, 9.17) is 4.74 Å². The Bertz CT molecular complexity index is 1170. The SMILES string of the molecule is CCOC(=O)c1c(NC(=O)C2CC(=O)N(CCc3ccccc3)C2)sc2c1CCS(=O)(=O)C2. The van der Waals surface area contributed by atoms with E-state index in [0.29, 0.717) is 35.0 Å². The van der Waals surface area contributed by atoms with Gasteiger partial charge in [-0.05, 0) is 30.9 Å². The number of carbonyl (C=O) groups is 3. The molecule has 33 heavy (non-hydrogen) atoms. The van der Waals surface area contributed by atoms with Crippen LogP contribution >= 0.6 is 11.3 Å². The van der Waals surface area contributed by atoms with E-state index in [1.807, 2.05) is 30.3 Å². The third kappa shape index (κ3) is 5.27. The minimum Gasteiger partial charge on any atom is -0.462 e. The van der Waals surface area contributed by atoms with Gasteiger partial charge in [-0.25, -0.2) is 13.2 Å². The van der Waals surface area contributed by atoms with Crippen LogP contribution in [0.4, 0.5) is 5.00 Å². The first-order chi connectivity index (χ1) is 15.8. The van der Waals surface area contributed by atoms with Gasteiger partial charge in [-0.1, -0.05) is 30.3 Å². The summed E-state index contributed by atoms with van der Waals surface area (Å²) in [5, 5.41) is 3.10. The van der Waals surface area contributed by atoms with Crippen molar-refractivity contribution in [1.29, 1.82) is 0 Å². The number of benzene rings is 1. The molecule has 2 amide bonds. The normalized spacial score (nSPS) is 19.2. The number of amides is 2. The summed E-state index contributed by atoms with van der Waals surface area (Å²) in [6.45, 7) is 2.70. The number of nitrogens with zero attached hydrogens (tertiary/aromatic N) is 1. The second-order valence-electron chi connectivity index (χ2n) is 8.24. The molecule has 0 bridgehead atoms. The first-order valence-electron chi connectivity index (χ1n) is 10.9. The van der Waals surface area contributed by atoms with Crippen LogP contribution in [-0.2, 0) is 42.8 Å². The van der Waals surface area contributed by atoms with Crippen LogP contribution in [-0.4, -0.2) is 56.6 Å². The number of hydrogen-bond donors (Lipinski definition) is 1. The molecule has 0 aliphatic carbocycles. The molecule has 2 aromatic rings. The van der Waals surface area contributed by atoms with Gasteiger partial charge in [0.05, 0.1) is 29.6 Å². The Morgan fingerprint density at radius 2 is 2.00 bits per heavy atom. The number of esters is 1. The molecule has 2 aliphatic rings. The summed E-state index contributed by atoms with van der Waals surface area (Å²) < 4.78 is 29.3. The Morgan fingerprint density at radius 1 is 1.24 bits per heavy atom. The zero-order valence-corrected chi connectivity index (χ0v) is 20.0. The molecule has 4 rings (SSSR count). The van der Waals surface area contributed by atoms with Gasteiger partial charge < -0.3 is 15.0 Å². The second-order valence-corrected chi connectivity index (χ2v) is 11.5. The molecule has 2 aliphatic heterocycles. The van der Waals surface area contributed by atoms with Crippen LogP contribution in [0.15, 0.2) is 30.3 Å². The topological polar surface area (TPSA) is 110 Å². The summed E-state index contributed by atoms with van der Waals surface area (Å²) in [6.07, 6.45) is 1.03. The number of sulfone groups is 1. The van der Waals surface area contributed by atoms with E-state index in [1.54, 1.807) is 11.8 Å². The molecule has 1 fully saturated rings. The van der Waals surface area contributed by atoms with Crippen LogP contribution < -0.4 is 5.32 Å². The maximum Gasteiger partial charge on any atom is 0.341 e. The number of hydrogen-bond acceptors (Lipinski definition) is 7. The molecule has 1 N–H and O–H groups in total. The monoisotopic (exact) mass is 490 g/mol. The van der Waals surface area contributed by atoms with Crippen LogP contribution in [0.2, 0.25) is 0 Å². The van der Waals surface area contributed by atoms with E-state index in [-0.39, 0.29) is 48.3 Å². The molecule has 10 heteroatoms. The fraction of sp³-hybridized carbons (Fsp3) is 0.435. The highest BCUT2D eigenvalue weighted by Crippen LogP contribution is 2.39. The fourth-order valence-corrected chi connectivity index (χ4v) is 7.26. The van der Waals surface area contributed by atoms with Gasteiger partial charge in [-0.3, -0.25) is 9.59 Å². The van der Waals surface area contributed by atoms with Gasteiger partial charge in [-0.2, -0.15) is 0 Å². The minimum atomic E-state index is -3.23. The summed E-state index contributed by atoms with van der Waals surface area (Å²) in [4.78, 5) is 40.3. The van der Waals surface area contributed by atoms with E-state index in [1.165, 1.54) is 0 Å². The van der Waals surface area contributed by atoms with Crippen molar-refractivity contribution in [3.63, 3.8) is 0 Å². The third-order valence-electron chi connectivity index (χ3n) is 5.92. The van der Waals surface area contributed by atoms with E-state index in [0.717, 1.165) is 16.9 Å². The van der Waals surface area contributed by atoms with Crippen molar-refractivity contribution in [2.45, 2.75) is 31.9 Å². The van der Waals surface area contributed by atoms with Gasteiger partial charge in [0.2, 0.25) is 11.8 Å². The Labute approximate surface area is 196 Å². The average molecular weight is 491 g/mol. The highest BCUT2D eigenvalue weighted by molar-refractivity contribution is 7.90. The van der Waals surface area contributed by atoms with Crippen molar-refractivity contribution >= 4 is 44.0 Å². The highest BCUT2D eigenvalue weighted by atomic mass is 32.2. The molecule has 1 atom stereocenters. The molecule has 0 spiro atoms. The van der Waals surface area contributed by atoms with Crippen LogP contribution in [0.25, 0.3) is 0 Å². The van der Waals surface area contributed by atoms with Crippen LogP contribution in [0.3, 0.4) is 0 Å². The number of anilines is 1. The molecule has 3 heterocycles. The summed E-state index contributed by atoms with van der Waals surface area (Å²) in [5.41, 5.74) is 2.00. The first-order valence-corrected chi connectivity index (χ1v) is 13.6. The van der Waals surface area contributed by atoms with Gasteiger partial charge in [-0.15, -0.1) is 11.3 Å². The Morgan fingerprint density at radius 3 is 2.73 bits per heavy atom. The Balaban J connectivity index is 1.47. The molecule has 0 saturated carbocycles. The van der Waals surface area contributed by atoms with Gasteiger partial charge in [0, 0.05) is 24.4 Å². The number of fused-ring (bicyclic) bond motifs is 1. The lowest BCUT2D eigenvalue weighted by Gasteiger charge is -2.16. The minimum absolute atomic E-state index is 0.0377. The lowest BCUT2D eigenvalue weighted by atomic mass is 10.1. The Kier molecular flexibility index (Phi) is 6.85. The second kappa shape index (κ2) is 9.64. The maximum atomic E-state index is 13.0. The van der Waals surface area contributed by atoms with Gasteiger partial charge in [0.15, 0.2) is 9.84 Å². The first kappa shape index (κ1) is 23.4. The molecule has 0 radical (unpaired) electrons. The van der Waals surface area contributed by atoms with Crippen molar-refractivity contribution in [2.24, 2.45) is 5.92 Å². The maximum absolute atomic E-state index is 13.0. The van der Waals surface area contributed by atoms with Crippen LogP contribution in [0, 0.1) is 5.92 Å². The number of likely N-dealkylation sites (tertiary alicyclic amines) is 1. The average Bonchev–Trinajstić information content (AvgIpc) is 3.31. The molecular formula is C23H26N2O6S2. The smallest absolute Gasteiger partial charge is 0.341 e. The number of nitrogens with one attached hydrogen (secondary N) is 1. The summed E-state index contributed by atoms with van der Waals surface area (Å²) in [7, 11) is -3.23. The number of thiophene rings is 1. The molecule has 8 nitrogen and oxygen atoms in total. The summed E-state index contributed by atoms with van der Waals surface area (Å²) in [6, 6.07) is 9.84. The van der Waals surface area contributed by atoms with Crippen molar-refractivity contribution in [1.82, 2.24) is 4.90 Å². The zero-order chi connectivity index (χ0) is 23.6. The van der Waals surface area contributed by atoms with E-state index < -0.39 is 21.7 Å². The summed E-state index contributed by atoms with van der Waals surface area (Å²) in [5.74, 6) is -1.72. The van der Waals surface area contributed by atoms with Crippen LogP contribution in [0.5, 0.6) is 0 Å². The van der Waals surface area contributed by atoms with Gasteiger partial charge in [0.1, 0.15) is 5.00 Å². The van der Waals surface area contributed by atoms with Gasteiger partial charge >= 0.3 is 5.97 Å². The van der Waals surface area contributed by atoms with E-state index >= 15 is 0 Å². The third-order valence-corrected chi connectivity index (χ3v) is 8.80. The lowest BCUT2D eigenvalue weighted by molar-refractivity contribution is -0.128. The molecular weight excluding hydrogens is 464 g/mol. The van der Waals surface area contributed by atoms with Crippen molar-refractivity contribution in [3.8, 4) is 0 Å². The van der Waals surface area contributed by atoms with Crippen molar-refractivity contribution in [3.05, 3.63) is 51.9 Å². The standard InChI is InChI=1S/C23H26N2O6S2/c1-2-31-23(28)20-17-9-11-33(29,30)14-18(17)32-22(20)24-21(27)16-12-19(26)25(13-16)10-8-15-6-4-3-5-7-15/h3-7,16H,2,8-14H2,1H3,(H,24,27). The number of ether oxygens (including phenoxy) is 1. The molecule has 1 unspecified atom stereocenters. The Hall–Kier alpha value is -2.72. The predicted molar refractivity (Wildman–Crippen MR) is 125 cm³/mol. The quantitative estimate of drug-likeness (QED) is 0.597. The zero-order valence-electron chi connectivity index (χ0n) is 18.3. The van der Waals surface area contributed by atoms with Crippen LogP contribution in [0.1, 0.15) is 39.7 Å². The number of rotatable bonds is 7. The molecule has 176 valence electrons. The fourth-order valence-electron chi connectivity index (χ4n) is 4.22. The predicted octanol–water partition coefficient (Wildman–Crippen LogP) is 2.43. The van der Waals surface area contributed by atoms with E-state index in [9.17, 15) is 22.8 Å². The van der Waals surface area contributed by atoms with Gasteiger partial charge in [0.25, 0.3) is 0 Å². The molecule has 1 aromatic heterocycles. The molecule has 1 saturated heterocycles. The van der Waals surface area contributed by atoms with Crippen molar-refractivity contribution in [2.75, 3.05) is 30.8 Å². The lowest BCUT2D eigenvalue weighted by Crippen LogP contribution is -2.30. The molecule has 1 aromatic carbocycles. The van der Waals surface area contributed by atoms with Crippen molar-refractivity contribution < 1.29 is 27.5 Å². The number of carbonyl (C=O) groups excluding carboxylic acids is 3. The largest absolute Gasteiger partial charge is 0.462 e. The van der Waals surface area contributed by atoms with E-state index in [2.05, 4.69) is 5.32 Å². The highest BCUT2D eigenvalue weighted by Gasteiger charge is 2.36. The summed E-state index contributed by atoms with van der Waals surface area (Å²) >= 11 is 1.10.